The molecule has 0 aromatic carbocycles. The highest BCUT2D eigenvalue weighted by Crippen LogP contribution is 2.31. The lowest BCUT2D eigenvalue weighted by atomic mass is 10.2. The summed E-state index contributed by atoms with van der Waals surface area (Å²) in [7, 11) is 3.24. The molecular weight excluding hydrogens is 252 g/mol. The van der Waals surface area contributed by atoms with Crippen molar-refractivity contribution in [2.45, 2.75) is 19.9 Å². The van der Waals surface area contributed by atoms with Gasteiger partial charge in [-0.05, 0) is 25.4 Å². The standard InChI is InChI=1S/C11H20N4O2S/c1-5-15(7(2)6-17-4)11-8(10(16)13-3)9(12)14-18-11/h7H,5-6H2,1-4H3,(H2,12,14)(H,13,16). The Bertz CT molecular complexity index is 408. The number of nitrogen functional groups attached to an aromatic ring is 1. The molecule has 1 atom stereocenters. The topological polar surface area (TPSA) is 80.5 Å². The molecule has 1 amide bonds. The van der Waals surface area contributed by atoms with Gasteiger partial charge in [0.2, 0.25) is 0 Å². The number of rotatable bonds is 6. The molecule has 0 aliphatic rings. The minimum Gasteiger partial charge on any atom is -0.383 e. The van der Waals surface area contributed by atoms with E-state index in [1.54, 1.807) is 14.2 Å². The van der Waals surface area contributed by atoms with Crippen LogP contribution in [0.3, 0.4) is 0 Å². The fourth-order valence-electron chi connectivity index (χ4n) is 1.81. The third kappa shape index (κ3) is 2.91. The van der Waals surface area contributed by atoms with Crippen LogP contribution in [0.4, 0.5) is 10.8 Å². The number of carbonyl (C=O) groups is 1. The van der Waals surface area contributed by atoms with E-state index in [0.717, 1.165) is 11.5 Å². The van der Waals surface area contributed by atoms with Crippen LogP contribution in [-0.2, 0) is 4.74 Å². The number of carbonyl (C=O) groups excluding carboxylic acids is 1. The molecule has 3 N–H and O–H groups in total. The average molecular weight is 272 g/mol. The monoisotopic (exact) mass is 272 g/mol. The Labute approximate surface area is 111 Å². The van der Waals surface area contributed by atoms with Gasteiger partial charge in [0.1, 0.15) is 10.6 Å². The lowest BCUT2D eigenvalue weighted by molar-refractivity contribution is 0.0964. The number of nitrogens with zero attached hydrogens (tertiary/aromatic N) is 2. The van der Waals surface area contributed by atoms with Crippen molar-refractivity contribution in [1.29, 1.82) is 0 Å². The molecule has 18 heavy (non-hydrogen) atoms. The van der Waals surface area contributed by atoms with Crippen molar-refractivity contribution in [3.05, 3.63) is 5.56 Å². The zero-order valence-electron chi connectivity index (χ0n) is 11.2. The number of hydrogen-bond donors (Lipinski definition) is 2. The maximum Gasteiger partial charge on any atom is 0.257 e. The van der Waals surface area contributed by atoms with Gasteiger partial charge >= 0.3 is 0 Å². The summed E-state index contributed by atoms with van der Waals surface area (Å²) in [6, 6.07) is 0.156. The second-order valence-electron chi connectivity index (χ2n) is 3.92. The van der Waals surface area contributed by atoms with Crippen molar-refractivity contribution < 1.29 is 9.53 Å². The Balaban J connectivity index is 3.10. The number of amides is 1. The van der Waals surface area contributed by atoms with Crippen LogP contribution in [0.25, 0.3) is 0 Å². The molecule has 7 heteroatoms. The predicted molar refractivity (Wildman–Crippen MR) is 74.3 cm³/mol. The number of nitrogens with two attached hydrogens (primary N) is 1. The van der Waals surface area contributed by atoms with Gasteiger partial charge in [0.15, 0.2) is 5.82 Å². The Kier molecular flexibility index (Phi) is 5.36. The zero-order valence-corrected chi connectivity index (χ0v) is 12.0. The summed E-state index contributed by atoms with van der Waals surface area (Å²) in [5.74, 6) is 0.0664. The summed E-state index contributed by atoms with van der Waals surface area (Å²) < 4.78 is 9.23. The van der Waals surface area contributed by atoms with Gasteiger partial charge in [0, 0.05) is 20.7 Å². The molecule has 1 aromatic heterocycles. The van der Waals surface area contributed by atoms with E-state index in [1.165, 1.54) is 11.5 Å². The Morgan fingerprint density at radius 3 is 2.83 bits per heavy atom. The van der Waals surface area contributed by atoms with Crippen LogP contribution in [0.2, 0.25) is 0 Å². The van der Waals surface area contributed by atoms with E-state index in [4.69, 9.17) is 10.5 Å². The molecule has 0 aliphatic heterocycles. The summed E-state index contributed by atoms with van der Waals surface area (Å²) in [5.41, 5.74) is 6.22. The van der Waals surface area contributed by atoms with Crippen molar-refractivity contribution in [1.82, 2.24) is 9.69 Å². The summed E-state index contributed by atoms with van der Waals surface area (Å²) in [5, 5.41) is 3.38. The molecule has 1 aromatic rings. The van der Waals surface area contributed by atoms with E-state index in [1.807, 2.05) is 13.8 Å². The number of ether oxygens (including phenoxy) is 1. The molecule has 102 valence electrons. The summed E-state index contributed by atoms with van der Waals surface area (Å²) >= 11 is 1.24. The minimum atomic E-state index is -0.209. The molecule has 0 saturated carbocycles. The fraction of sp³-hybridized carbons (Fsp3) is 0.636. The maximum atomic E-state index is 11.8. The van der Waals surface area contributed by atoms with Gasteiger partial charge in [-0.1, -0.05) is 0 Å². The molecule has 1 rings (SSSR count). The lowest BCUT2D eigenvalue weighted by Gasteiger charge is -2.28. The Morgan fingerprint density at radius 1 is 1.67 bits per heavy atom. The smallest absolute Gasteiger partial charge is 0.257 e. The molecule has 0 saturated heterocycles. The molecule has 1 heterocycles. The molecular formula is C11H20N4O2S. The highest BCUT2D eigenvalue weighted by molar-refractivity contribution is 7.11. The number of hydrogen-bond acceptors (Lipinski definition) is 6. The van der Waals surface area contributed by atoms with E-state index in [0.29, 0.717) is 12.2 Å². The van der Waals surface area contributed by atoms with E-state index >= 15 is 0 Å². The van der Waals surface area contributed by atoms with Crippen LogP contribution in [0.1, 0.15) is 24.2 Å². The van der Waals surface area contributed by atoms with Crippen LogP contribution in [0.5, 0.6) is 0 Å². The van der Waals surface area contributed by atoms with Gasteiger partial charge in [-0.3, -0.25) is 4.79 Å². The highest BCUT2D eigenvalue weighted by Gasteiger charge is 2.24. The molecule has 6 nitrogen and oxygen atoms in total. The van der Waals surface area contributed by atoms with E-state index in [-0.39, 0.29) is 17.8 Å². The Morgan fingerprint density at radius 2 is 2.33 bits per heavy atom. The van der Waals surface area contributed by atoms with E-state index in [9.17, 15) is 4.79 Å². The van der Waals surface area contributed by atoms with Gasteiger partial charge in [0.05, 0.1) is 12.6 Å². The fourth-order valence-corrected chi connectivity index (χ4v) is 2.79. The van der Waals surface area contributed by atoms with Crippen molar-refractivity contribution in [2.75, 3.05) is 37.9 Å². The quantitative estimate of drug-likeness (QED) is 0.806. The zero-order chi connectivity index (χ0) is 13.7. The number of likely N-dealkylation sites (N-methyl/N-ethyl adjacent to an activating group) is 1. The largest absolute Gasteiger partial charge is 0.383 e. The van der Waals surface area contributed by atoms with E-state index in [2.05, 4.69) is 14.6 Å². The van der Waals surface area contributed by atoms with Crippen LogP contribution >= 0.6 is 11.5 Å². The second kappa shape index (κ2) is 6.55. The number of nitrogens with one attached hydrogen (secondary N) is 1. The van der Waals surface area contributed by atoms with Crippen molar-refractivity contribution in [3.8, 4) is 0 Å². The van der Waals surface area contributed by atoms with Crippen LogP contribution in [0, 0.1) is 0 Å². The Hall–Kier alpha value is -1.34. The molecule has 0 spiro atoms. The first kappa shape index (κ1) is 14.7. The highest BCUT2D eigenvalue weighted by atomic mass is 32.1. The van der Waals surface area contributed by atoms with Crippen LogP contribution in [-0.4, -0.2) is 43.6 Å². The third-order valence-electron chi connectivity index (χ3n) is 2.70. The van der Waals surface area contributed by atoms with Gasteiger partial charge in [-0.25, -0.2) is 0 Å². The van der Waals surface area contributed by atoms with Crippen molar-refractivity contribution in [2.24, 2.45) is 0 Å². The number of anilines is 2. The van der Waals surface area contributed by atoms with Crippen molar-refractivity contribution in [3.63, 3.8) is 0 Å². The van der Waals surface area contributed by atoms with Crippen LogP contribution < -0.4 is 16.0 Å². The van der Waals surface area contributed by atoms with Crippen LogP contribution in [0.15, 0.2) is 0 Å². The SMILES string of the molecule is CCN(c1snc(N)c1C(=O)NC)C(C)COC. The molecule has 1 unspecified atom stereocenters. The molecule has 0 radical (unpaired) electrons. The number of methoxy groups -OCH3 is 1. The molecule has 0 fully saturated rings. The lowest BCUT2D eigenvalue weighted by Crippen LogP contribution is -2.37. The van der Waals surface area contributed by atoms with Gasteiger partial charge < -0.3 is 20.7 Å². The molecule has 0 bridgehead atoms. The van der Waals surface area contributed by atoms with Gasteiger partial charge in [-0.2, -0.15) is 4.37 Å². The van der Waals surface area contributed by atoms with Crippen molar-refractivity contribution >= 4 is 28.3 Å². The first-order valence-electron chi connectivity index (χ1n) is 5.79. The first-order chi connectivity index (χ1) is 8.56. The minimum absolute atomic E-state index is 0.156. The first-order valence-corrected chi connectivity index (χ1v) is 6.56. The maximum absolute atomic E-state index is 11.8. The summed E-state index contributed by atoms with van der Waals surface area (Å²) in [4.78, 5) is 13.9. The average Bonchev–Trinajstić information content (AvgIpc) is 2.72. The van der Waals surface area contributed by atoms with E-state index < -0.39 is 0 Å². The summed E-state index contributed by atoms with van der Waals surface area (Å²) in [6.45, 7) is 5.40. The third-order valence-corrected chi connectivity index (χ3v) is 3.60. The second-order valence-corrected chi connectivity index (χ2v) is 4.67. The predicted octanol–water partition coefficient (Wildman–Crippen LogP) is 0.946. The van der Waals surface area contributed by atoms with Gasteiger partial charge in [0.25, 0.3) is 5.91 Å². The molecule has 0 aliphatic carbocycles. The normalized spacial score (nSPS) is 12.2. The van der Waals surface area contributed by atoms with Gasteiger partial charge in [-0.15, -0.1) is 0 Å². The number of aromatic nitrogens is 1. The summed E-state index contributed by atoms with van der Waals surface area (Å²) in [6.07, 6.45) is 0.